The predicted molar refractivity (Wildman–Crippen MR) is 104 cm³/mol. The van der Waals surface area contributed by atoms with Gasteiger partial charge >= 0.3 is 0 Å². The normalized spacial score (nSPS) is 10.6. The van der Waals surface area contributed by atoms with Crippen molar-refractivity contribution in [2.45, 2.75) is 13.5 Å². The molecule has 2 amide bonds. The summed E-state index contributed by atoms with van der Waals surface area (Å²) >= 11 is 2.71. The molecule has 0 aliphatic carbocycles. The lowest BCUT2D eigenvalue weighted by atomic mass is 10.2. The van der Waals surface area contributed by atoms with E-state index in [2.05, 4.69) is 25.8 Å². The highest BCUT2D eigenvalue weighted by molar-refractivity contribution is 8.00. The van der Waals surface area contributed by atoms with Gasteiger partial charge in [-0.05, 0) is 19.1 Å². The fourth-order valence-corrected chi connectivity index (χ4v) is 3.50. The number of anilines is 1. The minimum absolute atomic E-state index is 0.147. The Morgan fingerprint density at radius 3 is 2.74 bits per heavy atom. The zero-order valence-electron chi connectivity index (χ0n) is 14.5. The number of rotatable bonds is 8. The Morgan fingerprint density at radius 1 is 1.22 bits per heavy atom. The Morgan fingerprint density at radius 2 is 2.00 bits per heavy atom. The summed E-state index contributed by atoms with van der Waals surface area (Å²) in [6.45, 7) is 2.10. The minimum atomic E-state index is -0.233. The molecule has 0 aliphatic heterocycles. The van der Waals surface area contributed by atoms with E-state index in [9.17, 15) is 9.59 Å². The van der Waals surface area contributed by atoms with Gasteiger partial charge in [0.05, 0.1) is 23.7 Å². The molecule has 0 unspecified atom stereocenters. The molecular formula is C17H17N5O3S2. The molecule has 0 aromatic carbocycles. The van der Waals surface area contributed by atoms with E-state index in [0.29, 0.717) is 18.1 Å². The average molecular weight is 403 g/mol. The van der Waals surface area contributed by atoms with Crippen LogP contribution in [0.2, 0.25) is 0 Å². The molecule has 0 aliphatic rings. The first-order chi connectivity index (χ1) is 13.1. The standard InChI is InChI=1S/C17H17N5O3S2/c1-11-6-14(22-25-11)21-16(24)10-26-9-15(23)19-7-17-20-13(8-27-17)12-2-4-18-5-3-12/h2-6,8H,7,9-10H2,1H3,(H,19,23)(H,21,22,24). The second-order valence-corrected chi connectivity index (χ2v) is 7.43. The summed E-state index contributed by atoms with van der Waals surface area (Å²) in [6.07, 6.45) is 3.43. The van der Waals surface area contributed by atoms with Crippen LogP contribution >= 0.6 is 23.1 Å². The van der Waals surface area contributed by atoms with Gasteiger partial charge in [0.25, 0.3) is 0 Å². The molecule has 0 fully saturated rings. The van der Waals surface area contributed by atoms with Gasteiger partial charge in [0.15, 0.2) is 5.82 Å². The number of nitrogens with zero attached hydrogens (tertiary/aromatic N) is 3. The third-order valence-electron chi connectivity index (χ3n) is 3.33. The summed E-state index contributed by atoms with van der Waals surface area (Å²) in [6, 6.07) is 5.41. The number of pyridine rings is 1. The van der Waals surface area contributed by atoms with Gasteiger partial charge in [-0.1, -0.05) is 5.16 Å². The molecule has 8 nitrogen and oxygen atoms in total. The number of aromatic nitrogens is 3. The molecule has 0 saturated heterocycles. The van der Waals surface area contributed by atoms with Crippen LogP contribution in [-0.4, -0.2) is 38.4 Å². The quantitative estimate of drug-likeness (QED) is 0.594. The van der Waals surface area contributed by atoms with Crippen LogP contribution in [0.4, 0.5) is 5.82 Å². The Balaban J connectivity index is 1.36. The number of nitrogens with one attached hydrogen (secondary N) is 2. The maximum Gasteiger partial charge on any atom is 0.235 e. The van der Waals surface area contributed by atoms with Crippen LogP contribution in [-0.2, 0) is 16.1 Å². The molecule has 0 saturated carbocycles. The number of amides is 2. The van der Waals surface area contributed by atoms with Crippen LogP contribution in [0.15, 0.2) is 40.5 Å². The summed E-state index contributed by atoms with van der Waals surface area (Å²) in [5, 5.41) is 11.9. The van der Waals surface area contributed by atoms with Crippen LogP contribution in [0.5, 0.6) is 0 Å². The van der Waals surface area contributed by atoms with Gasteiger partial charge in [-0.3, -0.25) is 14.6 Å². The molecule has 3 heterocycles. The molecule has 0 radical (unpaired) electrons. The number of thiazole rings is 1. The van der Waals surface area contributed by atoms with Crippen molar-refractivity contribution >= 4 is 40.7 Å². The summed E-state index contributed by atoms with van der Waals surface area (Å²) in [5.74, 6) is 0.952. The van der Waals surface area contributed by atoms with Gasteiger partial charge in [0.1, 0.15) is 10.8 Å². The fraction of sp³-hybridized carbons (Fsp3) is 0.235. The Kier molecular flexibility index (Phi) is 6.55. The third kappa shape index (κ3) is 5.90. The molecule has 0 bridgehead atoms. The first kappa shape index (κ1) is 19.1. The lowest BCUT2D eigenvalue weighted by Gasteiger charge is -2.03. The number of aryl methyl sites for hydroxylation is 1. The second kappa shape index (κ2) is 9.28. The Bertz CT molecular complexity index is 910. The van der Waals surface area contributed by atoms with Crippen LogP contribution in [0.1, 0.15) is 10.8 Å². The van der Waals surface area contributed by atoms with Crippen molar-refractivity contribution in [3.8, 4) is 11.3 Å². The maximum absolute atomic E-state index is 11.9. The molecule has 140 valence electrons. The monoisotopic (exact) mass is 403 g/mol. The zero-order valence-corrected chi connectivity index (χ0v) is 16.1. The number of carbonyl (C=O) groups is 2. The highest BCUT2D eigenvalue weighted by Gasteiger charge is 2.09. The van der Waals surface area contributed by atoms with Crippen molar-refractivity contribution in [3.05, 3.63) is 46.7 Å². The SMILES string of the molecule is Cc1cc(NC(=O)CSCC(=O)NCc2nc(-c3ccncc3)cs2)no1. The van der Waals surface area contributed by atoms with Gasteiger partial charge in [0, 0.05) is 29.4 Å². The van der Waals surface area contributed by atoms with E-state index in [0.717, 1.165) is 16.3 Å². The van der Waals surface area contributed by atoms with Gasteiger partial charge < -0.3 is 15.2 Å². The average Bonchev–Trinajstić information content (AvgIpc) is 3.30. The molecule has 27 heavy (non-hydrogen) atoms. The van der Waals surface area contributed by atoms with E-state index in [-0.39, 0.29) is 23.3 Å². The number of hydrogen-bond acceptors (Lipinski definition) is 8. The van der Waals surface area contributed by atoms with E-state index in [1.165, 1.54) is 23.1 Å². The largest absolute Gasteiger partial charge is 0.360 e. The molecule has 0 spiro atoms. The minimum Gasteiger partial charge on any atom is -0.360 e. The summed E-state index contributed by atoms with van der Waals surface area (Å²) in [5.41, 5.74) is 1.85. The van der Waals surface area contributed by atoms with Crippen LogP contribution in [0.3, 0.4) is 0 Å². The first-order valence-electron chi connectivity index (χ1n) is 8.02. The molecular weight excluding hydrogens is 386 g/mol. The van der Waals surface area contributed by atoms with Crippen molar-refractivity contribution in [1.82, 2.24) is 20.4 Å². The lowest BCUT2D eigenvalue weighted by molar-refractivity contribution is -0.118. The van der Waals surface area contributed by atoms with E-state index >= 15 is 0 Å². The van der Waals surface area contributed by atoms with E-state index in [4.69, 9.17) is 4.52 Å². The Hall–Kier alpha value is -2.72. The fourth-order valence-electron chi connectivity index (χ4n) is 2.11. The molecule has 3 rings (SSSR count). The Labute approximate surface area is 163 Å². The van der Waals surface area contributed by atoms with Gasteiger partial charge in [-0.15, -0.1) is 23.1 Å². The van der Waals surface area contributed by atoms with Crippen LogP contribution in [0.25, 0.3) is 11.3 Å². The van der Waals surface area contributed by atoms with E-state index in [1.54, 1.807) is 25.4 Å². The molecule has 0 atom stereocenters. The summed E-state index contributed by atoms with van der Waals surface area (Å²) in [4.78, 5) is 32.2. The van der Waals surface area contributed by atoms with Gasteiger partial charge in [-0.25, -0.2) is 4.98 Å². The smallest absolute Gasteiger partial charge is 0.235 e. The van der Waals surface area contributed by atoms with Crippen LogP contribution in [0, 0.1) is 6.92 Å². The van der Waals surface area contributed by atoms with Crippen molar-refractivity contribution in [2.24, 2.45) is 0 Å². The lowest BCUT2D eigenvalue weighted by Crippen LogP contribution is -2.25. The summed E-state index contributed by atoms with van der Waals surface area (Å²) in [7, 11) is 0. The second-order valence-electron chi connectivity index (χ2n) is 5.50. The maximum atomic E-state index is 11.9. The van der Waals surface area contributed by atoms with Crippen molar-refractivity contribution < 1.29 is 14.1 Å². The predicted octanol–water partition coefficient (Wildman–Crippen LogP) is 2.49. The molecule has 2 N–H and O–H groups in total. The van der Waals surface area contributed by atoms with E-state index in [1.807, 2.05) is 17.5 Å². The molecule has 10 heteroatoms. The topological polar surface area (TPSA) is 110 Å². The highest BCUT2D eigenvalue weighted by Crippen LogP contribution is 2.20. The van der Waals surface area contributed by atoms with Gasteiger partial charge in [-0.2, -0.15) is 0 Å². The summed E-state index contributed by atoms with van der Waals surface area (Å²) < 4.78 is 4.87. The number of thioether (sulfide) groups is 1. The highest BCUT2D eigenvalue weighted by atomic mass is 32.2. The molecule has 3 aromatic rings. The van der Waals surface area contributed by atoms with Crippen LogP contribution < -0.4 is 10.6 Å². The van der Waals surface area contributed by atoms with Crippen molar-refractivity contribution in [1.29, 1.82) is 0 Å². The van der Waals surface area contributed by atoms with Crippen molar-refractivity contribution in [3.63, 3.8) is 0 Å². The van der Waals surface area contributed by atoms with Crippen molar-refractivity contribution in [2.75, 3.05) is 16.8 Å². The molecule has 3 aromatic heterocycles. The van der Waals surface area contributed by atoms with E-state index < -0.39 is 0 Å². The third-order valence-corrected chi connectivity index (χ3v) is 5.11. The van der Waals surface area contributed by atoms with Gasteiger partial charge in [0.2, 0.25) is 11.8 Å². The number of hydrogen-bond donors (Lipinski definition) is 2. The first-order valence-corrected chi connectivity index (χ1v) is 10.1. The zero-order chi connectivity index (χ0) is 19.1. The number of carbonyl (C=O) groups excluding carboxylic acids is 2.